The molecule has 16 heteroatoms. The van der Waals surface area contributed by atoms with Crippen molar-refractivity contribution in [3.05, 3.63) is 141 Å². The van der Waals surface area contributed by atoms with Crippen molar-refractivity contribution >= 4 is 63.5 Å². The first kappa shape index (κ1) is 66.5. The van der Waals surface area contributed by atoms with E-state index in [2.05, 4.69) is 61.1 Å². The van der Waals surface area contributed by atoms with Gasteiger partial charge in [-0.1, -0.05) is 60.7 Å². The zero-order valence-electron chi connectivity index (χ0n) is 36.3. The van der Waals surface area contributed by atoms with Crippen LogP contribution in [0.2, 0.25) is 0 Å². The van der Waals surface area contributed by atoms with Crippen molar-refractivity contribution in [2.75, 3.05) is 54.4 Å². The summed E-state index contributed by atoms with van der Waals surface area (Å²) in [5, 5.41) is 0. The van der Waals surface area contributed by atoms with Crippen LogP contribution in [0.15, 0.2) is 119 Å². The Hall–Kier alpha value is 0.907. The minimum atomic E-state index is -1.77. The molecule has 0 aromatic heterocycles. The molecule has 0 N–H and O–H groups in total. The van der Waals surface area contributed by atoms with Gasteiger partial charge in [0.2, 0.25) is 0 Å². The Bertz CT molecular complexity index is 1570. The molecule has 0 spiro atoms. The van der Waals surface area contributed by atoms with Crippen molar-refractivity contribution in [2.45, 2.75) is 49.7 Å². The molecule has 6 rings (SSSR count). The summed E-state index contributed by atoms with van der Waals surface area (Å²) in [6.45, 7) is 17.0. The molecule has 325 valence electrons. The monoisotopic (exact) mass is 1120 g/mol. The van der Waals surface area contributed by atoms with Crippen LogP contribution in [0, 0.1) is 20.8 Å². The van der Waals surface area contributed by atoms with Crippen LogP contribution in [0.3, 0.4) is 0 Å². The fourth-order valence-corrected chi connectivity index (χ4v) is 7.58. The van der Waals surface area contributed by atoms with Crippen molar-refractivity contribution in [1.82, 2.24) is 19.6 Å². The van der Waals surface area contributed by atoms with Gasteiger partial charge >= 0.3 is 247 Å². The van der Waals surface area contributed by atoms with Gasteiger partial charge in [-0.15, -0.1) is 0 Å². The number of rotatable bonds is 6. The van der Waals surface area contributed by atoms with Gasteiger partial charge < -0.3 is 64.7 Å². The van der Waals surface area contributed by atoms with Gasteiger partial charge in [0.05, 0.1) is 0 Å². The smallest absolute Gasteiger partial charge is 1.00 e. The molecule has 2 fully saturated rings. The standard InChI is InChI=1S/2C10H12O.2C6H6S.2C5H11N2.CH3.4ClH.2Na.2Ru/c2*1-8(2)11-10-7-5-4-6-9(10)3;2*7-6-4-2-1-3-5-6;2*1-6-3-4-7(2)5-6;;;;;;;;;/h2*3-8H,1-2H3;2*1-5,7H;2*5H,3-4H2,1-2H3;1H3;4*1H;;;;/q;;;;3*-1;;;;;3*+1;+2/p-6. The number of halogens is 4. The summed E-state index contributed by atoms with van der Waals surface area (Å²) in [4.78, 5) is 10.5. The van der Waals surface area contributed by atoms with Crippen molar-refractivity contribution in [1.29, 1.82) is 0 Å². The molecule has 2 saturated heterocycles. The van der Waals surface area contributed by atoms with E-state index in [0.717, 1.165) is 32.4 Å². The number of para-hydroxylation sites is 2. The third-order valence-electron chi connectivity index (χ3n) is 6.78. The summed E-state index contributed by atoms with van der Waals surface area (Å²) >= 11 is 7.66. The molecule has 0 unspecified atom stereocenters. The molecule has 0 saturated carbocycles. The van der Waals surface area contributed by atoms with Crippen LogP contribution >= 0.6 is 29.1 Å². The van der Waals surface area contributed by atoms with Gasteiger partial charge in [0.25, 0.3) is 0 Å². The van der Waals surface area contributed by atoms with E-state index in [0.29, 0.717) is 0 Å². The summed E-state index contributed by atoms with van der Waals surface area (Å²) in [7, 11) is 25.7. The Balaban J connectivity index is -0.000000311. The first-order valence-electron chi connectivity index (χ1n) is 17.5. The van der Waals surface area contributed by atoms with Crippen LogP contribution in [0.25, 0.3) is 0 Å². The second-order valence-electron chi connectivity index (χ2n) is 12.7. The zero-order valence-corrected chi connectivity index (χ0v) is 48.5. The molecular weight excluding hydrogens is 1060 g/mol. The molecular formula is C43H59Cl4N4Na2O2Ru2S2-4. The first-order valence-corrected chi connectivity index (χ1v) is 27.1. The maximum atomic E-state index is 5.82. The summed E-state index contributed by atoms with van der Waals surface area (Å²) < 4.78 is 15.2. The summed E-state index contributed by atoms with van der Waals surface area (Å²) in [5.74, 6) is 1.77. The van der Waals surface area contributed by atoms with Crippen LogP contribution in [-0.2, 0) is 54.5 Å². The third kappa shape index (κ3) is 36.9. The van der Waals surface area contributed by atoms with Crippen molar-refractivity contribution in [3.8, 4) is 11.5 Å². The first-order chi connectivity index (χ1) is 26.2. The van der Waals surface area contributed by atoms with Crippen LogP contribution < -0.4 is 81.0 Å². The van der Waals surface area contributed by atoms with Crippen molar-refractivity contribution in [2.24, 2.45) is 0 Å². The van der Waals surface area contributed by atoms with E-state index < -0.39 is 13.5 Å². The normalized spacial score (nSPS) is 13.6. The molecule has 59 heavy (non-hydrogen) atoms. The predicted molar refractivity (Wildman–Crippen MR) is 242 cm³/mol. The number of benzene rings is 4. The van der Waals surface area contributed by atoms with E-state index in [4.69, 9.17) is 63.8 Å². The van der Waals surface area contributed by atoms with Gasteiger partial charge in [0.15, 0.2) is 0 Å². The quantitative estimate of drug-likeness (QED) is 0.161. The van der Waals surface area contributed by atoms with E-state index in [1.165, 1.54) is 26.2 Å². The number of ether oxygens (including phenoxy) is 2. The Kier molecular flexibility index (Phi) is 46.9. The van der Waals surface area contributed by atoms with Gasteiger partial charge in [-0.3, -0.25) is 0 Å². The van der Waals surface area contributed by atoms with E-state index >= 15 is 0 Å². The van der Waals surface area contributed by atoms with Crippen LogP contribution in [0.1, 0.15) is 38.8 Å². The second-order valence-corrected chi connectivity index (χ2v) is 21.1. The van der Waals surface area contributed by atoms with Crippen LogP contribution in [-0.4, -0.2) is 95.4 Å². The SMILES string of the molecule is CC(C)Oc1ccccc1[CH]=[Ru]([Cl])[Cl].CC(C)Oc1ccccc1[CH]=[Ru][Cl].CN1[CH-]N(C)CC1.CN1[CH-]N(C)CC1.[CH3-].[Cl-].[Na+].[Na+].[S-]c1ccccc1.[S-]c1ccccc1. The number of hydrogen-bond acceptors (Lipinski definition) is 8. The molecule has 2 aliphatic rings. The van der Waals surface area contributed by atoms with Crippen LogP contribution in [0.5, 0.6) is 11.5 Å². The van der Waals surface area contributed by atoms with Gasteiger partial charge in [-0.25, -0.2) is 13.3 Å². The zero-order chi connectivity index (χ0) is 41.0. The predicted octanol–water partition coefficient (Wildman–Crippen LogP) is 1.02. The van der Waals surface area contributed by atoms with Gasteiger partial charge in [-0.2, -0.15) is 9.79 Å². The average Bonchev–Trinajstić information content (AvgIpc) is 3.72. The fraction of sp³-hybridized carbons (Fsp3) is 0.326. The summed E-state index contributed by atoms with van der Waals surface area (Å²) in [5.41, 5.74) is 2.09. The summed E-state index contributed by atoms with van der Waals surface area (Å²) in [6.07, 6.45) is 0.372. The Morgan fingerprint density at radius 2 is 0.898 bits per heavy atom. The molecule has 0 amide bonds. The van der Waals surface area contributed by atoms with Crippen molar-refractivity contribution in [3.63, 3.8) is 0 Å². The van der Waals surface area contributed by atoms with E-state index in [-0.39, 0.29) is 107 Å². The Labute approximate surface area is 444 Å². The minimum Gasteiger partial charge on any atom is -1.00 e. The molecule has 2 aliphatic heterocycles. The Morgan fingerprint density at radius 3 is 1.15 bits per heavy atom. The van der Waals surface area contributed by atoms with Crippen molar-refractivity contribution < 1.29 is 110 Å². The molecule has 0 bridgehead atoms. The minimum absolute atomic E-state index is 0. The number of hydrogen-bond donors (Lipinski definition) is 0. The largest absolute Gasteiger partial charge is 1.00 e. The fourth-order valence-electron chi connectivity index (χ4n) is 4.35. The molecule has 0 aliphatic carbocycles. The molecule has 0 atom stereocenters. The molecule has 6 nitrogen and oxygen atoms in total. The maximum Gasteiger partial charge on any atom is 1.00 e. The molecule has 0 radical (unpaired) electrons. The summed E-state index contributed by atoms with van der Waals surface area (Å²) in [6, 6.07) is 35.0. The maximum absolute atomic E-state index is 5.82. The third-order valence-corrected chi connectivity index (χ3v) is 10.3. The second kappa shape index (κ2) is 41.6. The molecule has 4 aromatic carbocycles. The molecule has 2 heterocycles. The average molecular weight is 1120 g/mol. The van der Waals surface area contributed by atoms with Gasteiger partial charge in [-0.05, 0) is 54.4 Å². The van der Waals surface area contributed by atoms with E-state index in [1.54, 1.807) is 0 Å². The topological polar surface area (TPSA) is 31.4 Å². The van der Waals surface area contributed by atoms with Gasteiger partial charge in [0.1, 0.15) is 0 Å². The molecule has 4 aromatic rings. The number of nitrogens with zero attached hydrogens (tertiary/aromatic N) is 4. The van der Waals surface area contributed by atoms with E-state index in [9.17, 15) is 0 Å². The number of likely N-dealkylation sites (N-methyl/N-ethyl adjacent to an activating group) is 4. The van der Waals surface area contributed by atoms with E-state index in [1.807, 2.05) is 146 Å². The van der Waals surface area contributed by atoms with Gasteiger partial charge in [0, 0.05) is 0 Å². The Morgan fingerprint density at radius 1 is 0.593 bits per heavy atom. The van der Waals surface area contributed by atoms with Crippen LogP contribution in [0.4, 0.5) is 0 Å².